The van der Waals surface area contributed by atoms with Gasteiger partial charge < -0.3 is 5.11 Å². The number of benzene rings is 2. The van der Waals surface area contributed by atoms with E-state index in [9.17, 15) is 9.90 Å². The van der Waals surface area contributed by atoms with Gasteiger partial charge in [-0.15, -0.1) is 0 Å². The van der Waals surface area contributed by atoms with Gasteiger partial charge in [0.2, 0.25) is 0 Å². The first-order valence-electron chi connectivity index (χ1n) is 6.01. The number of carbonyl (C=O) groups is 1. The summed E-state index contributed by atoms with van der Waals surface area (Å²) in [4.78, 5) is 11.4. The van der Waals surface area contributed by atoms with Gasteiger partial charge in [0.1, 0.15) is 0 Å². The van der Waals surface area contributed by atoms with Gasteiger partial charge in [0.05, 0.1) is 5.56 Å². The molecular weight excluding hydrogens is 260 g/mol. The van der Waals surface area contributed by atoms with E-state index in [1.165, 1.54) is 11.6 Å². The summed E-state index contributed by atoms with van der Waals surface area (Å²) in [5.74, 6) is -0.961. The number of halogens is 1. The Morgan fingerprint density at radius 2 is 1.63 bits per heavy atom. The van der Waals surface area contributed by atoms with E-state index in [1.54, 1.807) is 12.1 Å². The van der Waals surface area contributed by atoms with E-state index in [0.29, 0.717) is 10.6 Å². The van der Waals surface area contributed by atoms with Crippen LogP contribution in [-0.2, 0) is 0 Å². The Morgan fingerprint density at radius 3 is 2.16 bits per heavy atom. The molecule has 0 saturated heterocycles. The molecule has 0 fully saturated rings. The first-order valence-corrected chi connectivity index (χ1v) is 6.39. The van der Waals surface area contributed by atoms with Crippen molar-refractivity contribution < 1.29 is 9.90 Å². The highest BCUT2D eigenvalue weighted by molar-refractivity contribution is 6.31. The number of aryl methyl sites for hydroxylation is 3. The van der Waals surface area contributed by atoms with Crippen molar-refractivity contribution >= 4 is 17.6 Å². The van der Waals surface area contributed by atoms with Crippen LogP contribution in [0, 0.1) is 20.8 Å². The third kappa shape index (κ3) is 2.64. The van der Waals surface area contributed by atoms with E-state index >= 15 is 0 Å². The Labute approximate surface area is 117 Å². The molecule has 0 bridgehead atoms. The molecule has 98 valence electrons. The van der Waals surface area contributed by atoms with Gasteiger partial charge in [-0.25, -0.2) is 4.79 Å². The van der Waals surface area contributed by atoms with Crippen molar-refractivity contribution in [2.45, 2.75) is 20.8 Å². The third-order valence-electron chi connectivity index (χ3n) is 3.16. The standard InChI is InChI=1S/C16H15ClO2/c1-9-6-10(2)15(11(3)7-9)13-5-4-12(17)8-14(13)16(18)19/h4-8H,1-3H3,(H,18,19). The maximum atomic E-state index is 11.4. The van der Waals surface area contributed by atoms with E-state index in [4.69, 9.17) is 11.6 Å². The lowest BCUT2D eigenvalue weighted by Gasteiger charge is -2.14. The summed E-state index contributed by atoms with van der Waals surface area (Å²) in [7, 11) is 0. The largest absolute Gasteiger partial charge is 0.478 e. The summed E-state index contributed by atoms with van der Waals surface area (Å²) in [6, 6.07) is 9.11. The molecule has 0 aliphatic carbocycles. The molecule has 1 N–H and O–H groups in total. The summed E-state index contributed by atoms with van der Waals surface area (Å²) in [6.45, 7) is 6.02. The second kappa shape index (κ2) is 5.06. The van der Waals surface area contributed by atoms with Crippen LogP contribution in [0.1, 0.15) is 27.0 Å². The highest BCUT2D eigenvalue weighted by atomic mass is 35.5. The van der Waals surface area contributed by atoms with Gasteiger partial charge in [-0.3, -0.25) is 0 Å². The van der Waals surface area contributed by atoms with E-state index in [-0.39, 0.29) is 5.56 Å². The predicted octanol–water partition coefficient (Wildman–Crippen LogP) is 4.63. The van der Waals surface area contributed by atoms with Crippen LogP contribution in [0.15, 0.2) is 30.3 Å². The molecule has 0 radical (unpaired) electrons. The number of carboxylic acid groups (broad SMARTS) is 1. The molecule has 2 aromatic carbocycles. The van der Waals surface area contributed by atoms with Crippen molar-refractivity contribution in [2.24, 2.45) is 0 Å². The normalized spacial score (nSPS) is 10.5. The average molecular weight is 275 g/mol. The molecule has 0 spiro atoms. The van der Waals surface area contributed by atoms with Crippen LogP contribution in [0.25, 0.3) is 11.1 Å². The molecule has 3 heteroatoms. The van der Waals surface area contributed by atoms with E-state index < -0.39 is 5.97 Å². The summed E-state index contributed by atoms with van der Waals surface area (Å²) < 4.78 is 0. The Kier molecular flexibility index (Phi) is 3.63. The molecule has 2 rings (SSSR count). The molecule has 0 heterocycles. The van der Waals surface area contributed by atoms with Crippen LogP contribution in [0.2, 0.25) is 5.02 Å². The second-order valence-corrected chi connectivity index (χ2v) is 5.21. The van der Waals surface area contributed by atoms with Gasteiger partial charge in [-0.1, -0.05) is 35.4 Å². The maximum absolute atomic E-state index is 11.4. The Morgan fingerprint density at radius 1 is 1.05 bits per heavy atom. The number of carboxylic acids is 1. The van der Waals surface area contributed by atoms with Crippen LogP contribution < -0.4 is 0 Å². The van der Waals surface area contributed by atoms with Gasteiger partial charge in [0, 0.05) is 5.02 Å². The minimum Gasteiger partial charge on any atom is -0.478 e. The van der Waals surface area contributed by atoms with Gasteiger partial charge in [-0.05, 0) is 55.2 Å². The average Bonchev–Trinajstić information content (AvgIpc) is 2.29. The fourth-order valence-corrected chi connectivity index (χ4v) is 2.69. The van der Waals surface area contributed by atoms with Crippen LogP contribution in [-0.4, -0.2) is 11.1 Å². The maximum Gasteiger partial charge on any atom is 0.336 e. The van der Waals surface area contributed by atoms with Crippen LogP contribution in [0.4, 0.5) is 0 Å². The molecule has 2 nitrogen and oxygen atoms in total. The summed E-state index contributed by atoms with van der Waals surface area (Å²) in [5.41, 5.74) is 5.24. The van der Waals surface area contributed by atoms with E-state index in [0.717, 1.165) is 16.7 Å². The highest BCUT2D eigenvalue weighted by Crippen LogP contribution is 2.32. The zero-order valence-electron chi connectivity index (χ0n) is 11.1. The van der Waals surface area contributed by atoms with Crippen molar-refractivity contribution in [3.63, 3.8) is 0 Å². The van der Waals surface area contributed by atoms with Crippen LogP contribution >= 0.6 is 11.6 Å². The fourth-order valence-electron chi connectivity index (χ4n) is 2.52. The Balaban J connectivity index is 2.76. The van der Waals surface area contributed by atoms with Gasteiger partial charge in [0.15, 0.2) is 0 Å². The lowest BCUT2D eigenvalue weighted by molar-refractivity contribution is 0.0697. The number of hydrogen-bond donors (Lipinski definition) is 1. The predicted molar refractivity (Wildman–Crippen MR) is 78.1 cm³/mol. The van der Waals surface area contributed by atoms with Crippen LogP contribution in [0.3, 0.4) is 0 Å². The minimum absolute atomic E-state index is 0.238. The molecular formula is C16H15ClO2. The van der Waals surface area contributed by atoms with Gasteiger partial charge >= 0.3 is 5.97 Å². The minimum atomic E-state index is -0.961. The fraction of sp³-hybridized carbons (Fsp3) is 0.188. The number of rotatable bonds is 2. The molecule has 0 unspecified atom stereocenters. The number of aromatic carboxylic acids is 1. The third-order valence-corrected chi connectivity index (χ3v) is 3.39. The topological polar surface area (TPSA) is 37.3 Å². The molecule has 0 atom stereocenters. The molecule has 0 aromatic heterocycles. The van der Waals surface area contributed by atoms with Crippen molar-refractivity contribution in [1.29, 1.82) is 0 Å². The van der Waals surface area contributed by atoms with E-state index in [1.807, 2.05) is 20.8 Å². The molecule has 19 heavy (non-hydrogen) atoms. The number of hydrogen-bond acceptors (Lipinski definition) is 1. The summed E-state index contributed by atoms with van der Waals surface area (Å²) >= 11 is 5.89. The monoisotopic (exact) mass is 274 g/mol. The quantitative estimate of drug-likeness (QED) is 0.867. The Bertz CT molecular complexity index is 637. The van der Waals surface area contributed by atoms with Crippen molar-refractivity contribution in [3.05, 3.63) is 57.6 Å². The first kappa shape index (κ1) is 13.6. The van der Waals surface area contributed by atoms with Crippen molar-refractivity contribution in [1.82, 2.24) is 0 Å². The lowest BCUT2D eigenvalue weighted by Crippen LogP contribution is -2.01. The van der Waals surface area contributed by atoms with E-state index in [2.05, 4.69) is 12.1 Å². The zero-order valence-corrected chi connectivity index (χ0v) is 11.9. The van der Waals surface area contributed by atoms with Gasteiger partial charge in [0.25, 0.3) is 0 Å². The smallest absolute Gasteiger partial charge is 0.336 e. The lowest BCUT2D eigenvalue weighted by atomic mass is 9.91. The Hall–Kier alpha value is -1.80. The molecule has 0 saturated carbocycles. The summed E-state index contributed by atoms with van der Waals surface area (Å²) in [5, 5.41) is 9.76. The SMILES string of the molecule is Cc1cc(C)c(-c2ccc(Cl)cc2C(=O)O)c(C)c1. The van der Waals surface area contributed by atoms with Gasteiger partial charge in [-0.2, -0.15) is 0 Å². The highest BCUT2D eigenvalue weighted by Gasteiger charge is 2.15. The molecule has 0 aliphatic rings. The molecule has 0 amide bonds. The van der Waals surface area contributed by atoms with Crippen molar-refractivity contribution in [2.75, 3.05) is 0 Å². The second-order valence-electron chi connectivity index (χ2n) is 4.77. The molecule has 0 aliphatic heterocycles. The van der Waals surface area contributed by atoms with Crippen LogP contribution in [0.5, 0.6) is 0 Å². The first-order chi connectivity index (χ1) is 8.90. The summed E-state index contributed by atoms with van der Waals surface area (Å²) in [6.07, 6.45) is 0. The zero-order chi connectivity index (χ0) is 14.2. The van der Waals surface area contributed by atoms with Crippen molar-refractivity contribution in [3.8, 4) is 11.1 Å². The molecule has 2 aromatic rings.